The van der Waals surface area contributed by atoms with Gasteiger partial charge in [0.15, 0.2) is 17.8 Å². The number of urea groups is 1. The summed E-state index contributed by atoms with van der Waals surface area (Å²) in [7, 11) is 1.64. The number of aromatic nitrogens is 6. The maximum absolute atomic E-state index is 13.2. The minimum Gasteiger partial charge on any atom is -0.338 e. The van der Waals surface area contributed by atoms with Gasteiger partial charge in [0.2, 0.25) is 0 Å². The molecule has 4 heterocycles. The number of nitrogens with one attached hydrogen (secondary N) is 2. The van der Waals surface area contributed by atoms with Gasteiger partial charge in [-0.1, -0.05) is 0 Å². The lowest BCUT2D eigenvalue weighted by Crippen LogP contribution is -2.28. The van der Waals surface area contributed by atoms with Crippen molar-refractivity contribution < 1.29 is 22.8 Å². The Morgan fingerprint density at radius 2 is 2.00 bits per heavy atom. The number of aldehydes is 1. The second kappa shape index (κ2) is 9.26. The maximum Gasteiger partial charge on any atom is 0.434 e. The predicted molar refractivity (Wildman–Crippen MR) is 120 cm³/mol. The number of rotatable bonds is 6. The van der Waals surface area contributed by atoms with E-state index in [4.69, 9.17) is 0 Å². The van der Waals surface area contributed by atoms with Crippen molar-refractivity contribution in [3.63, 3.8) is 0 Å². The number of halogens is 3. The standard InChI is InChI=1S/C19H15F3N8O2S2/c1-3-23-18(32)28-13-4-9(16-27-12(7-33-16)19(20,21)22)10(5-24-13)17-29-14(11(6-31)34-17)15-25-8-26-30(15)2/h4-8H,3H2,1-2H3,(H2,23,24,28,32). The summed E-state index contributed by atoms with van der Waals surface area (Å²) in [6, 6.07) is 0.888. The smallest absolute Gasteiger partial charge is 0.338 e. The summed E-state index contributed by atoms with van der Waals surface area (Å²) >= 11 is 1.81. The topological polar surface area (TPSA) is 128 Å². The van der Waals surface area contributed by atoms with Crippen molar-refractivity contribution >= 4 is 40.8 Å². The molecule has 4 aromatic rings. The number of nitrogens with zero attached hydrogens (tertiary/aromatic N) is 6. The zero-order valence-corrected chi connectivity index (χ0v) is 19.2. The van der Waals surface area contributed by atoms with Gasteiger partial charge in [-0.2, -0.15) is 18.3 Å². The number of thiazole rings is 2. The van der Waals surface area contributed by atoms with E-state index in [-0.39, 0.29) is 27.0 Å². The quantitative estimate of drug-likeness (QED) is 0.376. The molecule has 0 aliphatic carbocycles. The van der Waals surface area contributed by atoms with E-state index in [1.807, 2.05) is 0 Å². The van der Waals surface area contributed by atoms with Crippen molar-refractivity contribution in [2.75, 3.05) is 11.9 Å². The Morgan fingerprint density at radius 1 is 1.21 bits per heavy atom. The van der Waals surface area contributed by atoms with E-state index in [9.17, 15) is 22.8 Å². The van der Waals surface area contributed by atoms with Crippen LogP contribution in [-0.2, 0) is 13.2 Å². The Kier molecular flexibility index (Phi) is 6.39. The molecule has 0 aromatic carbocycles. The minimum absolute atomic E-state index is 0.0479. The highest BCUT2D eigenvalue weighted by atomic mass is 32.1. The van der Waals surface area contributed by atoms with Gasteiger partial charge in [0.05, 0.1) is 4.88 Å². The Balaban J connectivity index is 1.85. The molecule has 34 heavy (non-hydrogen) atoms. The molecule has 0 radical (unpaired) electrons. The first-order chi connectivity index (χ1) is 16.2. The Morgan fingerprint density at radius 3 is 2.62 bits per heavy atom. The average Bonchev–Trinajstić information content (AvgIpc) is 3.52. The number of amides is 2. The molecular formula is C19H15F3N8O2S2. The minimum atomic E-state index is -4.62. The van der Waals surface area contributed by atoms with Gasteiger partial charge in [-0.3, -0.25) is 10.1 Å². The number of hydrogen-bond acceptors (Lipinski definition) is 9. The molecule has 2 amide bonds. The molecule has 15 heteroatoms. The van der Waals surface area contributed by atoms with E-state index in [2.05, 4.69) is 35.7 Å². The lowest BCUT2D eigenvalue weighted by atomic mass is 10.1. The SMILES string of the molecule is CCNC(=O)Nc1cc(-c2nc(C(F)(F)F)cs2)c(-c2nc(-c3ncnn3C)c(C=O)s2)cn1. The van der Waals surface area contributed by atoms with Crippen LogP contribution >= 0.6 is 22.7 Å². The molecule has 0 saturated carbocycles. The molecule has 0 spiro atoms. The summed E-state index contributed by atoms with van der Waals surface area (Å²) in [5.41, 5.74) is -0.161. The number of carbonyl (C=O) groups excluding carboxylic acids is 2. The van der Waals surface area contributed by atoms with Crippen LogP contribution in [0.3, 0.4) is 0 Å². The van der Waals surface area contributed by atoms with Crippen molar-refractivity contribution in [3.8, 4) is 32.7 Å². The van der Waals surface area contributed by atoms with E-state index in [1.54, 1.807) is 14.0 Å². The fourth-order valence-corrected chi connectivity index (χ4v) is 4.67. The number of alkyl halides is 3. The fourth-order valence-electron chi connectivity index (χ4n) is 2.92. The summed E-state index contributed by atoms with van der Waals surface area (Å²) in [6.45, 7) is 2.11. The first kappa shape index (κ1) is 23.4. The summed E-state index contributed by atoms with van der Waals surface area (Å²) in [5, 5.41) is 10.3. The highest BCUT2D eigenvalue weighted by Crippen LogP contribution is 2.40. The van der Waals surface area contributed by atoms with Crippen molar-refractivity contribution in [2.45, 2.75) is 13.1 Å². The highest BCUT2D eigenvalue weighted by Gasteiger charge is 2.34. The Bertz CT molecular complexity index is 1360. The summed E-state index contributed by atoms with van der Waals surface area (Å²) < 4.78 is 41.0. The van der Waals surface area contributed by atoms with E-state index < -0.39 is 17.9 Å². The third-order valence-corrected chi connectivity index (χ3v) is 6.31. The predicted octanol–water partition coefficient (Wildman–Crippen LogP) is 4.10. The molecule has 0 unspecified atom stereocenters. The molecule has 0 aliphatic heterocycles. The lowest BCUT2D eigenvalue weighted by molar-refractivity contribution is -0.140. The summed E-state index contributed by atoms with van der Waals surface area (Å²) in [6.07, 6.45) is -1.33. The van der Waals surface area contributed by atoms with Crippen LogP contribution < -0.4 is 10.6 Å². The molecule has 4 aromatic heterocycles. The van der Waals surface area contributed by atoms with Crippen LogP contribution in [0, 0.1) is 0 Å². The van der Waals surface area contributed by atoms with Gasteiger partial charge in [0, 0.05) is 36.3 Å². The fraction of sp³-hybridized carbons (Fsp3) is 0.211. The summed E-state index contributed by atoms with van der Waals surface area (Å²) in [5.74, 6) is 0.455. The summed E-state index contributed by atoms with van der Waals surface area (Å²) in [4.78, 5) is 40.4. The molecule has 0 bridgehead atoms. The third-order valence-electron chi connectivity index (χ3n) is 4.42. The second-order valence-corrected chi connectivity index (χ2v) is 8.58. The molecule has 176 valence electrons. The maximum atomic E-state index is 13.2. The van der Waals surface area contributed by atoms with Crippen molar-refractivity contribution in [1.29, 1.82) is 0 Å². The van der Waals surface area contributed by atoms with Gasteiger partial charge >= 0.3 is 12.2 Å². The van der Waals surface area contributed by atoms with Crippen LogP contribution in [0.2, 0.25) is 0 Å². The van der Waals surface area contributed by atoms with Crippen LogP contribution in [0.4, 0.5) is 23.8 Å². The number of aryl methyl sites for hydroxylation is 1. The van der Waals surface area contributed by atoms with Crippen molar-refractivity contribution in [3.05, 3.63) is 34.5 Å². The van der Waals surface area contributed by atoms with Gasteiger partial charge < -0.3 is 5.32 Å². The number of hydrogen-bond donors (Lipinski definition) is 2. The van der Waals surface area contributed by atoms with Crippen LogP contribution in [0.5, 0.6) is 0 Å². The molecule has 0 aliphatic rings. The second-order valence-electron chi connectivity index (χ2n) is 6.69. The molecule has 0 fully saturated rings. The Labute approximate surface area is 197 Å². The Hall–Kier alpha value is -3.72. The zero-order chi connectivity index (χ0) is 24.5. The molecule has 0 saturated heterocycles. The molecule has 4 rings (SSSR count). The van der Waals surface area contributed by atoms with Gasteiger partial charge in [0.1, 0.15) is 27.9 Å². The number of pyridine rings is 1. The van der Waals surface area contributed by atoms with E-state index >= 15 is 0 Å². The monoisotopic (exact) mass is 508 g/mol. The highest BCUT2D eigenvalue weighted by molar-refractivity contribution is 7.17. The number of anilines is 1. The van der Waals surface area contributed by atoms with Crippen molar-refractivity contribution in [1.82, 2.24) is 35.0 Å². The molecule has 2 N–H and O–H groups in total. The molecule has 10 nitrogen and oxygen atoms in total. The van der Waals surface area contributed by atoms with E-state index in [0.29, 0.717) is 29.2 Å². The van der Waals surface area contributed by atoms with Gasteiger partial charge in [-0.05, 0) is 13.0 Å². The van der Waals surface area contributed by atoms with E-state index in [1.165, 1.54) is 23.3 Å². The number of carbonyl (C=O) groups is 2. The first-order valence-corrected chi connectivity index (χ1v) is 11.3. The van der Waals surface area contributed by atoms with Gasteiger partial charge in [0.25, 0.3) is 0 Å². The molecular weight excluding hydrogens is 493 g/mol. The first-order valence-electron chi connectivity index (χ1n) is 9.60. The normalized spacial score (nSPS) is 11.4. The zero-order valence-electron chi connectivity index (χ0n) is 17.5. The molecule has 0 atom stereocenters. The third kappa shape index (κ3) is 4.65. The van der Waals surface area contributed by atoms with Crippen LogP contribution in [0.25, 0.3) is 32.7 Å². The van der Waals surface area contributed by atoms with Crippen LogP contribution in [0.15, 0.2) is 24.0 Å². The van der Waals surface area contributed by atoms with Gasteiger partial charge in [-0.25, -0.2) is 29.4 Å². The van der Waals surface area contributed by atoms with Crippen LogP contribution in [-0.4, -0.2) is 48.6 Å². The van der Waals surface area contributed by atoms with Gasteiger partial charge in [-0.15, -0.1) is 22.7 Å². The van der Waals surface area contributed by atoms with Crippen LogP contribution in [0.1, 0.15) is 22.3 Å². The van der Waals surface area contributed by atoms with E-state index in [0.717, 1.165) is 28.1 Å². The average molecular weight is 509 g/mol. The largest absolute Gasteiger partial charge is 0.434 e. The van der Waals surface area contributed by atoms with Crippen molar-refractivity contribution in [2.24, 2.45) is 7.05 Å². The lowest BCUT2D eigenvalue weighted by Gasteiger charge is -2.09.